The maximum atomic E-state index is 13.1. The lowest BCUT2D eigenvalue weighted by atomic mass is 10.0. The number of aliphatic hydroxyl groups is 1. The summed E-state index contributed by atoms with van der Waals surface area (Å²) in [5.41, 5.74) is 0. The molecule has 17 nitrogen and oxygen atoms in total. The van der Waals surface area contributed by atoms with Crippen LogP contribution in [0.2, 0.25) is 0 Å². The molecule has 19 heteroatoms. The molecule has 0 aliphatic heterocycles. The molecular weight excluding hydrogens is 1430 g/mol. The molecule has 0 saturated carbocycles. The van der Waals surface area contributed by atoms with Crippen molar-refractivity contribution in [3.05, 3.63) is 158 Å². The number of phosphoric ester groups is 2. The van der Waals surface area contributed by atoms with E-state index < -0.39 is 97.5 Å². The van der Waals surface area contributed by atoms with Crippen LogP contribution in [0.4, 0.5) is 0 Å². The number of ether oxygens (including phenoxy) is 4. The van der Waals surface area contributed by atoms with Crippen LogP contribution in [-0.2, 0) is 65.4 Å². The Hall–Kier alpha value is -5.32. The van der Waals surface area contributed by atoms with Crippen molar-refractivity contribution >= 4 is 39.5 Å². The molecule has 0 amide bonds. The minimum absolute atomic E-state index is 0.00874. The topological polar surface area (TPSA) is 237 Å². The lowest BCUT2D eigenvalue weighted by Crippen LogP contribution is -2.30. The van der Waals surface area contributed by atoms with Crippen LogP contribution in [0.1, 0.15) is 336 Å². The van der Waals surface area contributed by atoms with Crippen molar-refractivity contribution in [3.63, 3.8) is 0 Å². The average Bonchev–Trinajstić information content (AvgIpc) is 0.899. The van der Waals surface area contributed by atoms with E-state index in [9.17, 15) is 43.2 Å². The van der Waals surface area contributed by atoms with Gasteiger partial charge in [-0.1, -0.05) is 321 Å². The summed E-state index contributed by atoms with van der Waals surface area (Å²) >= 11 is 0. The molecule has 0 saturated heterocycles. The quantitative estimate of drug-likeness (QED) is 0.0169. The van der Waals surface area contributed by atoms with E-state index in [-0.39, 0.29) is 25.7 Å². The van der Waals surface area contributed by atoms with Crippen molar-refractivity contribution in [3.8, 4) is 0 Å². The number of hydrogen-bond acceptors (Lipinski definition) is 15. The van der Waals surface area contributed by atoms with Crippen LogP contribution in [0.15, 0.2) is 158 Å². The monoisotopic (exact) mass is 1580 g/mol. The molecule has 0 aromatic rings. The zero-order valence-electron chi connectivity index (χ0n) is 68.9. The van der Waals surface area contributed by atoms with E-state index in [2.05, 4.69) is 174 Å². The molecule has 0 radical (unpaired) electrons. The zero-order chi connectivity index (χ0) is 80.3. The predicted octanol–water partition coefficient (Wildman–Crippen LogP) is 25.6. The largest absolute Gasteiger partial charge is 0.472 e. The number of allylic oxidation sites excluding steroid dienone is 26. The van der Waals surface area contributed by atoms with Gasteiger partial charge in [0, 0.05) is 25.7 Å². The fraction of sp³-hybridized carbons (Fsp3) is 0.670. The van der Waals surface area contributed by atoms with Gasteiger partial charge in [-0.05, 0) is 148 Å². The fourth-order valence-electron chi connectivity index (χ4n) is 11.1. The van der Waals surface area contributed by atoms with Gasteiger partial charge in [-0.25, -0.2) is 9.13 Å². The highest BCUT2D eigenvalue weighted by molar-refractivity contribution is 7.47. The molecule has 0 bridgehead atoms. The molecule has 0 heterocycles. The highest BCUT2D eigenvalue weighted by Crippen LogP contribution is 2.45. The number of esters is 4. The third-order valence-electron chi connectivity index (χ3n) is 17.5. The predicted molar refractivity (Wildman–Crippen MR) is 454 cm³/mol. The van der Waals surface area contributed by atoms with Crippen molar-refractivity contribution in [2.24, 2.45) is 0 Å². The number of carbonyl (C=O) groups excluding carboxylic acids is 4. The fourth-order valence-corrected chi connectivity index (χ4v) is 12.6. The van der Waals surface area contributed by atoms with Crippen LogP contribution < -0.4 is 0 Å². The summed E-state index contributed by atoms with van der Waals surface area (Å²) in [5.74, 6) is -2.29. The lowest BCUT2D eigenvalue weighted by Gasteiger charge is -2.21. The van der Waals surface area contributed by atoms with E-state index in [4.69, 9.17) is 37.0 Å². The molecule has 628 valence electrons. The van der Waals surface area contributed by atoms with Gasteiger partial charge in [0.2, 0.25) is 0 Å². The highest BCUT2D eigenvalue weighted by Gasteiger charge is 2.30. The molecule has 0 fully saturated rings. The first kappa shape index (κ1) is 105. The van der Waals surface area contributed by atoms with E-state index in [1.54, 1.807) is 0 Å². The number of hydrogen-bond donors (Lipinski definition) is 3. The summed E-state index contributed by atoms with van der Waals surface area (Å²) < 4.78 is 68.7. The number of phosphoric acid groups is 2. The SMILES string of the molecule is CC/C=C\C/C=C\C/C=C\C/C=C\C/C=C\CCCCCC(=O)OCC(COP(=O)(O)OCC(O)COP(=O)(O)OCC(COC(=O)CCCCCCCC/C=C\C/C=C\C/C=C\CCCCC)OC(=O)CCC/C=C\C/C=C\C/C=C\C/C=C\C/C=C\CC)OC(=O)CCCCCCCCCCCCCCCCC. The molecule has 0 rings (SSSR count). The van der Waals surface area contributed by atoms with E-state index in [0.29, 0.717) is 32.1 Å². The Morgan fingerprint density at radius 2 is 0.482 bits per heavy atom. The molecule has 0 aromatic heterocycles. The van der Waals surface area contributed by atoms with Crippen LogP contribution in [-0.4, -0.2) is 96.7 Å². The smallest absolute Gasteiger partial charge is 0.462 e. The first-order valence-electron chi connectivity index (χ1n) is 42.7. The van der Waals surface area contributed by atoms with Gasteiger partial charge in [-0.2, -0.15) is 0 Å². The van der Waals surface area contributed by atoms with E-state index in [1.807, 2.05) is 12.2 Å². The second kappa shape index (κ2) is 81.7. The number of rotatable bonds is 79. The van der Waals surface area contributed by atoms with E-state index in [0.717, 1.165) is 167 Å². The van der Waals surface area contributed by atoms with Gasteiger partial charge < -0.3 is 33.8 Å². The van der Waals surface area contributed by atoms with Gasteiger partial charge in [-0.3, -0.25) is 37.3 Å². The van der Waals surface area contributed by atoms with Gasteiger partial charge in [-0.15, -0.1) is 0 Å². The molecule has 5 atom stereocenters. The van der Waals surface area contributed by atoms with Gasteiger partial charge in [0.15, 0.2) is 12.2 Å². The maximum Gasteiger partial charge on any atom is 0.472 e. The van der Waals surface area contributed by atoms with Gasteiger partial charge in [0.25, 0.3) is 0 Å². The Bertz CT molecular complexity index is 2700. The third-order valence-corrected chi connectivity index (χ3v) is 19.4. The Morgan fingerprint density at radius 1 is 0.264 bits per heavy atom. The summed E-state index contributed by atoms with van der Waals surface area (Å²) in [6.07, 6.45) is 96.4. The van der Waals surface area contributed by atoms with Crippen molar-refractivity contribution in [1.82, 2.24) is 0 Å². The Morgan fingerprint density at radius 3 is 0.791 bits per heavy atom. The number of aliphatic hydroxyl groups excluding tert-OH is 1. The van der Waals surface area contributed by atoms with Crippen LogP contribution in [0, 0.1) is 0 Å². The van der Waals surface area contributed by atoms with Gasteiger partial charge >= 0.3 is 39.5 Å². The molecule has 5 unspecified atom stereocenters. The van der Waals surface area contributed by atoms with E-state index in [1.165, 1.54) is 83.5 Å². The Labute approximate surface area is 668 Å². The van der Waals surface area contributed by atoms with Crippen LogP contribution >= 0.6 is 15.6 Å². The summed E-state index contributed by atoms with van der Waals surface area (Å²) in [4.78, 5) is 73.2. The van der Waals surface area contributed by atoms with Crippen molar-refractivity contribution in [1.29, 1.82) is 0 Å². The third kappa shape index (κ3) is 80.7. The van der Waals surface area contributed by atoms with Gasteiger partial charge in [0.1, 0.15) is 19.3 Å². The Balaban J connectivity index is 5.47. The van der Waals surface area contributed by atoms with E-state index >= 15 is 0 Å². The standard InChI is InChI=1S/C91H152O17P2/c1-5-9-13-17-21-25-29-33-37-40-42-45-48-51-55-59-63-67-71-75-88(93)101-81-86(107-90(95)77-73-69-65-61-57-53-47-36-32-28-24-20-16-12-8-4)83-105-109(97,98)103-79-85(92)80-104-110(99,100)106-84-87(108-91(96)78-74-70-66-62-58-54-50-44-39-35-31-27-23-19-15-11-7-3)82-102-89(94)76-72-68-64-60-56-52-49-46-43-41-38-34-30-26-22-18-14-10-6-2/h9,11,13,15,21-23,25-27,33-35,37-39,42-43,45-46,50-51,54-55,62,66,85-87,92H,5-8,10,12,14,16-20,24,28-32,36,40-41,44,47-49,52-53,56-61,63-65,67-84H2,1-4H3,(H,97,98)(H,99,100)/b13-9-,15-11-,25-21-,26-22-,27-23-,37-33-,38-34-,39-35-,45-42-,46-43-,54-50-,55-51-,66-62-. The lowest BCUT2D eigenvalue weighted by molar-refractivity contribution is -0.161. The normalized spacial score (nSPS) is 14.6. The van der Waals surface area contributed by atoms with Gasteiger partial charge in [0.05, 0.1) is 26.4 Å². The second-order valence-electron chi connectivity index (χ2n) is 28.0. The summed E-state index contributed by atoms with van der Waals surface area (Å²) in [7, 11) is -10.0. The summed E-state index contributed by atoms with van der Waals surface area (Å²) in [6.45, 7) is 4.54. The van der Waals surface area contributed by atoms with Crippen LogP contribution in [0.25, 0.3) is 0 Å². The van der Waals surface area contributed by atoms with Crippen LogP contribution in [0.5, 0.6) is 0 Å². The average molecular weight is 1580 g/mol. The summed E-state index contributed by atoms with van der Waals surface area (Å²) in [6, 6.07) is 0. The zero-order valence-corrected chi connectivity index (χ0v) is 70.7. The first-order chi connectivity index (χ1) is 53.7. The molecule has 0 spiro atoms. The van der Waals surface area contributed by atoms with Crippen molar-refractivity contribution < 1.29 is 80.2 Å². The number of unbranched alkanes of at least 4 members (excludes halogenated alkanes) is 27. The molecule has 0 aliphatic carbocycles. The van der Waals surface area contributed by atoms with Crippen molar-refractivity contribution in [2.45, 2.75) is 354 Å². The van der Waals surface area contributed by atoms with Crippen molar-refractivity contribution in [2.75, 3.05) is 39.6 Å². The Kier molecular flexibility index (Phi) is 77.7. The molecule has 110 heavy (non-hydrogen) atoms. The molecular formula is C91H152O17P2. The molecule has 0 aromatic carbocycles. The maximum absolute atomic E-state index is 13.1. The highest BCUT2D eigenvalue weighted by atomic mass is 31.2. The minimum Gasteiger partial charge on any atom is -0.462 e. The number of carbonyl (C=O) groups is 4. The first-order valence-corrected chi connectivity index (χ1v) is 45.7. The molecule has 3 N–H and O–H groups in total. The minimum atomic E-state index is -5.01. The second-order valence-corrected chi connectivity index (χ2v) is 30.9. The molecule has 0 aliphatic rings. The summed E-state index contributed by atoms with van der Waals surface area (Å²) in [5, 5.41) is 10.7. The van der Waals surface area contributed by atoms with Crippen LogP contribution in [0.3, 0.4) is 0 Å².